The largest absolute Gasteiger partial charge is 0.493 e. The van der Waals surface area contributed by atoms with Gasteiger partial charge < -0.3 is 14.8 Å². The summed E-state index contributed by atoms with van der Waals surface area (Å²) in [5.41, 5.74) is 0.374. The van der Waals surface area contributed by atoms with Crippen molar-refractivity contribution in [2.45, 2.75) is 18.6 Å². The lowest BCUT2D eigenvalue weighted by Crippen LogP contribution is -2.13. The van der Waals surface area contributed by atoms with Crippen LogP contribution in [0, 0.1) is 5.82 Å². The van der Waals surface area contributed by atoms with Gasteiger partial charge in [-0.05, 0) is 24.3 Å². The Hall–Kier alpha value is -3.89. The normalized spacial score (nSPS) is 17.2. The molecule has 3 aromatic heterocycles. The first-order valence-corrected chi connectivity index (χ1v) is 10.1. The van der Waals surface area contributed by atoms with Gasteiger partial charge in [-0.25, -0.2) is 4.39 Å². The van der Waals surface area contributed by atoms with Crippen molar-refractivity contribution >= 4 is 11.5 Å². The highest BCUT2D eigenvalue weighted by molar-refractivity contribution is 5.83. The van der Waals surface area contributed by atoms with Crippen LogP contribution >= 0.6 is 0 Å². The van der Waals surface area contributed by atoms with Crippen molar-refractivity contribution in [1.82, 2.24) is 19.6 Å². The maximum atomic E-state index is 14.7. The standard InChI is InChI=1S/C22H15F4N5O2/c23-15-3-4-16-18-11(8-32-16)9-33-17-6-13(12-2-1-5-27-19(12)22(24,25)26)20-30-29-10-31(20)21(17)28-7-14(15)18/h1-6,10-11,28H,7-9H2/t11-/m1/s1. The van der Waals surface area contributed by atoms with Crippen LogP contribution < -0.4 is 14.8 Å². The van der Waals surface area contributed by atoms with Gasteiger partial charge in [0.1, 0.15) is 17.9 Å². The van der Waals surface area contributed by atoms with E-state index in [0.717, 1.165) is 11.8 Å². The van der Waals surface area contributed by atoms with Gasteiger partial charge in [0.15, 0.2) is 22.9 Å². The summed E-state index contributed by atoms with van der Waals surface area (Å²) in [5.74, 6) is 0.711. The van der Waals surface area contributed by atoms with Gasteiger partial charge in [0.05, 0.1) is 19.1 Å². The lowest BCUT2D eigenvalue weighted by Gasteiger charge is -2.18. The highest BCUT2D eigenvalue weighted by atomic mass is 19.4. The van der Waals surface area contributed by atoms with Gasteiger partial charge in [0.25, 0.3) is 0 Å². The minimum Gasteiger partial charge on any atom is -0.493 e. The van der Waals surface area contributed by atoms with E-state index in [1.54, 1.807) is 6.07 Å². The molecular formula is C22H15F4N5O2. The fraction of sp³-hybridized carbons (Fsp3) is 0.227. The van der Waals surface area contributed by atoms with Crippen molar-refractivity contribution in [3.63, 3.8) is 0 Å². The number of nitrogens with zero attached hydrogens (tertiary/aromatic N) is 4. The first-order valence-electron chi connectivity index (χ1n) is 10.1. The number of ether oxygens (including phenoxy) is 2. The molecule has 0 aliphatic carbocycles. The van der Waals surface area contributed by atoms with Crippen molar-refractivity contribution in [2.24, 2.45) is 0 Å². The zero-order valence-corrected chi connectivity index (χ0v) is 16.9. The Balaban J connectivity index is 1.53. The van der Waals surface area contributed by atoms with E-state index >= 15 is 0 Å². The molecule has 7 nitrogen and oxygen atoms in total. The first-order chi connectivity index (χ1) is 15.9. The van der Waals surface area contributed by atoms with E-state index in [9.17, 15) is 17.6 Å². The second kappa shape index (κ2) is 7.06. The van der Waals surface area contributed by atoms with Crippen molar-refractivity contribution in [3.8, 4) is 22.6 Å². The smallest absolute Gasteiger partial charge is 0.433 e. The summed E-state index contributed by atoms with van der Waals surface area (Å²) < 4.78 is 68.9. The number of benzene rings is 1. The second-order valence-corrected chi connectivity index (χ2v) is 7.80. The topological polar surface area (TPSA) is 73.6 Å². The van der Waals surface area contributed by atoms with Crippen LogP contribution in [0.25, 0.3) is 16.8 Å². The Morgan fingerprint density at radius 3 is 2.70 bits per heavy atom. The summed E-state index contributed by atoms with van der Waals surface area (Å²) >= 11 is 0. The average Bonchev–Trinajstić information content (AvgIpc) is 3.44. The predicted octanol–water partition coefficient (Wildman–Crippen LogP) is 4.43. The molecule has 2 aliphatic heterocycles. The molecular weight excluding hydrogens is 442 g/mol. The molecule has 33 heavy (non-hydrogen) atoms. The van der Waals surface area contributed by atoms with Crippen LogP contribution in [0.1, 0.15) is 22.7 Å². The molecule has 1 atom stereocenters. The van der Waals surface area contributed by atoms with Gasteiger partial charge in [-0.2, -0.15) is 13.2 Å². The van der Waals surface area contributed by atoms with Gasteiger partial charge in [-0.1, -0.05) is 6.07 Å². The number of hydrogen-bond acceptors (Lipinski definition) is 6. The Kier molecular flexibility index (Phi) is 4.23. The molecule has 5 heterocycles. The van der Waals surface area contributed by atoms with Gasteiger partial charge in [0.2, 0.25) is 0 Å². The Bertz CT molecular complexity index is 1400. The summed E-state index contributed by atoms with van der Waals surface area (Å²) in [4.78, 5) is 3.55. The Labute approximate surface area is 184 Å². The number of halogens is 4. The molecule has 4 aromatic rings. The third-order valence-electron chi connectivity index (χ3n) is 5.89. The van der Waals surface area contributed by atoms with E-state index in [1.807, 2.05) is 0 Å². The molecule has 0 saturated carbocycles. The Morgan fingerprint density at radius 1 is 1.06 bits per heavy atom. The molecule has 0 bridgehead atoms. The lowest BCUT2D eigenvalue weighted by atomic mass is 9.96. The molecule has 11 heteroatoms. The second-order valence-electron chi connectivity index (χ2n) is 7.80. The van der Waals surface area contributed by atoms with Gasteiger partial charge in [-0.3, -0.25) is 9.38 Å². The van der Waals surface area contributed by atoms with Crippen molar-refractivity contribution < 1.29 is 27.0 Å². The summed E-state index contributed by atoms with van der Waals surface area (Å²) in [7, 11) is 0. The SMILES string of the molecule is Fc1ccc2c3c1CNc1c(cc(-c4cccnc4C(F)(F)F)c4nncn14)OC[C@H]3CO2. The molecule has 0 radical (unpaired) electrons. The number of fused-ring (bicyclic) bond motifs is 3. The van der Waals surface area contributed by atoms with Crippen molar-refractivity contribution in [3.05, 3.63) is 65.5 Å². The van der Waals surface area contributed by atoms with Crippen LogP contribution in [0.5, 0.6) is 11.5 Å². The monoisotopic (exact) mass is 457 g/mol. The minimum absolute atomic E-state index is 0.124. The lowest BCUT2D eigenvalue weighted by molar-refractivity contribution is -0.140. The van der Waals surface area contributed by atoms with E-state index < -0.39 is 11.9 Å². The number of alkyl halides is 3. The number of hydrogen-bond donors (Lipinski definition) is 1. The molecule has 0 amide bonds. The number of pyridine rings is 2. The number of rotatable bonds is 1. The molecule has 0 saturated heterocycles. The highest BCUT2D eigenvalue weighted by Gasteiger charge is 2.37. The van der Waals surface area contributed by atoms with Crippen LogP contribution in [0.3, 0.4) is 0 Å². The van der Waals surface area contributed by atoms with Crippen LogP contribution in [0.2, 0.25) is 0 Å². The van der Waals surface area contributed by atoms with E-state index in [4.69, 9.17) is 9.47 Å². The van der Waals surface area contributed by atoms with Crippen molar-refractivity contribution in [2.75, 3.05) is 18.5 Å². The van der Waals surface area contributed by atoms with Gasteiger partial charge >= 0.3 is 6.18 Å². The molecule has 6 rings (SSSR count). The zero-order chi connectivity index (χ0) is 22.7. The quantitative estimate of drug-likeness (QED) is 0.427. The molecule has 1 N–H and O–H groups in total. The minimum atomic E-state index is -4.66. The third kappa shape index (κ3) is 3.06. The maximum absolute atomic E-state index is 14.7. The summed E-state index contributed by atoms with van der Waals surface area (Å²) in [6.45, 7) is 0.604. The number of anilines is 1. The van der Waals surface area contributed by atoms with E-state index in [1.165, 1.54) is 35.0 Å². The molecule has 0 fully saturated rings. The van der Waals surface area contributed by atoms with Crippen molar-refractivity contribution in [1.29, 1.82) is 0 Å². The van der Waals surface area contributed by atoms with Crippen LogP contribution in [-0.2, 0) is 12.7 Å². The van der Waals surface area contributed by atoms with E-state index in [2.05, 4.69) is 20.5 Å². The fourth-order valence-electron chi connectivity index (χ4n) is 4.43. The van der Waals surface area contributed by atoms with E-state index in [0.29, 0.717) is 23.7 Å². The van der Waals surface area contributed by atoms with Crippen LogP contribution in [-0.4, -0.2) is 32.8 Å². The van der Waals surface area contributed by atoms with Crippen LogP contribution in [0.4, 0.5) is 23.4 Å². The van der Waals surface area contributed by atoms with E-state index in [-0.39, 0.29) is 47.4 Å². The summed E-state index contributed by atoms with van der Waals surface area (Å²) in [5, 5.41) is 11.1. The Morgan fingerprint density at radius 2 is 1.88 bits per heavy atom. The zero-order valence-electron chi connectivity index (χ0n) is 16.9. The van der Waals surface area contributed by atoms with Gasteiger partial charge in [-0.15, -0.1) is 10.2 Å². The highest BCUT2D eigenvalue weighted by Crippen LogP contribution is 2.43. The van der Waals surface area contributed by atoms with Crippen LogP contribution in [0.15, 0.2) is 42.9 Å². The molecule has 168 valence electrons. The molecule has 0 spiro atoms. The molecule has 0 unspecified atom stereocenters. The first kappa shape index (κ1) is 19.8. The summed E-state index contributed by atoms with van der Waals surface area (Å²) in [6.07, 6.45) is -2.20. The third-order valence-corrected chi connectivity index (χ3v) is 5.89. The molecule has 1 aromatic carbocycles. The number of nitrogens with one attached hydrogen (secondary N) is 1. The fourth-order valence-corrected chi connectivity index (χ4v) is 4.43. The summed E-state index contributed by atoms with van der Waals surface area (Å²) in [6, 6.07) is 7.20. The van der Waals surface area contributed by atoms with Gasteiger partial charge in [0, 0.05) is 35.0 Å². The molecule has 2 aliphatic rings. The number of aromatic nitrogens is 4. The predicted molar refractivity (Wildman–Crippen MR) is 109 cm³/mol. The maximum Gasteiger partial charge on any atom is 0.433 e. The average molecular weight is 457 g/mol.